The zero-order chi connectivity index (χ0) is 12.1. The summed E-state index contributed by atoms with van der Waals surface area (Å²) >= 11 is 0. The second-order valence-corrected chi connectivity index (χ2v) is 4.68. The molecule has 1 aliphatic rings. The zero-order valence-corrected chi connectivity index (χ0v) is 10.4. The molecule has 0 bridgehead atoms. The second kappa shape index (κ2) is 5.76. The molecule has 1 aromatic heterocycles. The number of aryl methyl sites for hydroxylation is 1. The average molecular weight is 229 g/mol. The number of Topliss-reactive ketones (excluding diaryl/α,β-unsaturated/α-hetero) is 1. The molecule has 0 atom stereocenters. The van der Waals surface area contributed by atoms with Crippen molar-refractivity contribution in [1.82, 2.24) is 4.98 Å². The summed E-state index contributed by atoms with van der Waals surface area (Å²) in [6.45, 7) is 1.95. The molecule has 0 radical (unpaired) electrons. The summed E-state index contributed by atoms with van der Waals surface area (Å²) in [5, 5.41) is 0. The van der Waals surface area contributed by atoms with Crippen molar-refractivity contribution in [2.24, 2.45) is 0 Å². The van der Waals surface area contributed by atoms with Crippen LogP contribution >= 0.6 is 0 Å². The van der Waals surface area contributed by atoms with Crippen LogP contribution in [0.15, 0.2) is 30.0 Å². The summed E-state index contributed by atoms with van der Waals surface area (Å²) in [4.78, 5) is 16.6. The molecular weight excluding hydrogens is 210 g/mol. The summed E-state index contributed by atoms with van der Waals surface area (Å²) in [6.07, 6.45) is 10.6. The first-order chi connectivity index (χ1) is 8.29. The van der Waals surface area contributed by atoms with Gasteiger partial charge in [-0.1, -0.05) is 25.0 Å². The third-order valence-electron chi connectivity index (χ3n) is 3.31. The molecule has 0 N–H and O–H groups in total. The van der Waals surface area contributed by atoms with Crippen LogP contribution in [-0.2, 0) is 0 Å². The standard InChI is InChI=1S/C15H19NO/c1-12-8-7-11-16-14(12)15(17)13-9-5-3-2-4-6-10-13/h7-9,11H,2-6,10H2,1H3/b13-9+. The Morgan fingerprint density at radius 3 is 2.88 bits per heavy atom. The topological polar surface area (TPSA) is 30.0 Å². The molecule has 2 heteroatoms. The zero-order valence-electron chi connectivity index (χ0n) is 10.4. The first kappa shape index (κ1) is 12.0. The Balaban J connectivity index is 2.21. The van der Waals surface area contributed by atoms with Crippen LogP contribution < -0.4 is 0 Å². The van der Waals surface area contributed by atoms with Crippen LogP contribution in [0, 0.1) is 6.92 Å². The van der Waals surface area contributed by atoms with Crippen molar-refractivity contribution in [2.45, 2.75) is 45.4 Å². The highest BCUT2D eigenvalue weighted by molar-refractivity contribution is 6.08. The van der Waals surface area contributed by atoms with Crippen LogP contribution in [-0.4, -0.2) is 10.8 Å². The van der Waals surface area contributed by atoms with Gasteiger partial charge in [0.15, 0.2) is 0 Å². The van der Waals surface area contributed by atoms with Crippen LogP contribution in [0.2, 0.25) is 0 Å². The van der Waals surface area contributed by atoms with E-state index in [2.05, 4.69) is 11.1 Å². The molecule has 0 amide bonds. The van der Waals surface area contributed by atoms with Crippen molar-refractivity contribution in [2.75, 3.05) is 0 Å². The molecule has 1 aromatic rings. The van der Waals surface area contributed by atoms with E-state index in [1.165, 1.54) is 19.3 Å². The van der Waals surface area contributed by atoms with Gasteiger partial charge < -0.3 is 0 Å². The fraction of sp³-hybridized carbons (Fsp3) is 0.467. The summed E-state index contributed by atoms with van der Waals surface area (Å²) in [5.74, 6) is 0.130. The lowest BCUT2D eigenvalue weighted by atomic mass is 9.95. The van der Waals surface area contributed by atoms with Crippen molar-refractivity contribution in [3.05, 3.63) is 41.2 Å². The first-order valence-corrected chi connectivity index (χ1v) is 6.44. The third-order valence-corrected chi connectivity index (χ3v) is 3.31. The maximum absolute atomic E-state index is 12.4. The van der Waals surface area contributed by atoms with Crippen molar-refractivity contribution in [3.8, 4) is 0 Å². The van der Waals surface area contributed by atoms with E-state index in [4.69, 9.17) is 0 Å². The minimum Gasteiger partial charge on any atom is -0.287 e. The minimum absolute atomic E-state index is 0.130. The van der Waals surface area contributed by atoms with Crippen molar-refractivity contribution < 1.29 is 4.79 Å². The smallest absolute Gasteiger partial charge is 0.207 e. The molecule has 0 aliphatic heterocycles. The number of allylic oxidation sites excluding steroid dienone is 2. The molecule has 0 aromatic carbocycles. The summed E-state index contributed by atoms with van der Waals surface area (Å²) < 4.78 is 0. The molecule has 2 rings (SSSR count). The largest absolute Gasteiger partial charge is 0.287 e. The lowest BCUT2D eigenvalue weighted by Gasteiger charge is -2.11. The van der Waals surface area contributed by atoms with Gasteiger partial charge in [-0.05, 0) is 49.8 Å². The van der Waals surface area contributed by atoms with Crippen LogP contribution in [0.3, 0.4) is 0 Å². The van der Waals surface area contributed by atoms with Crippen molar-refractivity contribution in [3.63, 3.8) is 0 Å². The third kappa shape index (κ3) is 3.02. The molecule has 0 unspecified atom stereocenters. The fourth-order valence-corrected chi connectivity index (χ4v) is 2.27. The van der Waals surface area contributed by atoms with E-state index in [9.17, 15) is 4.79 Å². The summed E-state index contributed by atoms with van der Waals surface area (Å²) in [6, 6.07) is 3.82. The van der Waals surface area contributed by atoms with Crippen molar-refractivity contribution >= 4 is 5.78 Å². The quantitative estimate of drug-likeness (QED) is 0.721. The molecule has 2 nitrogen and oxygen atoms in total. The van der Waals surface area contributed by atoms with Gasteiger partial charge in [-0.25, -0.2) is 0 Å². The maximum atomic E-state index is 12.4. The summed E-state index contributed by atoms with van der Waals surface area (Å²) in [5.41, 5.74) is 2.56. The number of ketones is 1. The number of aromatic nitrogens is 1. The van der Waals surface area contributed by atoms with E-state index in [-0.39, 0.29) is 5.78 Å². The molecular formula is C15H19NO. The van der Waals surface area contributed by atoms with Gasteiger partial charge in [0.2, 0.25) is 5.78 Å². The highest BCUT2D eigenvalue weighted by Crippen LogP contribution is 2.20. The van der Waals surface area contributed by atoms with E-state index in [1.54, 1.807) is 6.20 Å². The number of nitrogens with zero attached hydrogens (tertiary/aromatic N) is 1. The van der Waals surface area contributed by atoms with Crippen molar-refractivity contribution in [1.29, 1.82) is 0 Å². The van der Waals surface area contributed by atoms with E-state index in [0.29, 0.717) is 5.69 Å². The van der Waals surface area contributed by atoms with Gasteiger partial charge in [0.1, 0.15) is 5.69 Å². The van der Waals surface area contributed by atoms with Crippen LogP contribution in [0.4, 0.5) is 0 Å². The summed E-state index contributed by atoms with van der Waals surface area (Å²) in [7, 11) is 0. The van der Waals surface area contributed by atoms with Crippen LogP contribution in [0.25, 0.3) is 0 Å². The molecule has 0 saturated carbocycles. The van der Waals surface area contributed by atoms with Gasteiger partial charge >= 0.3 is 0 Å². The Morgan fingerprint density at radius 1 is 1.24 bits per heavy atom. The Labute approximate surface area is 103 Å². The van der Waals surface area contributed by atoms with Crippen LogP contribution in [0.5, 0.6) is 0 Å². The molecule has 0 saturated heterocycles. The molecule has 1 heterocycles. The van der Waals surface area contributed by atoms with Gasteiger partial charge in [-0.2, -0.15) is 0 Å². The predicted molar refractivity (Wildman–Crippen MR) is 69.1 cm³/mol. The molecule has 0 spiro atoms. The van der Waals surface area contributed by atoms with Gasteiger partial charge in [0, 0.05) is 6.20 Å². The van der Waals surface area contributed by atoms with E-state index in [0.717, 1.165) is 30.4 Å². The fourth-order valence-electron chi connectivity index (χ4n) is 2.27. The monoisotopic (exact) mass is 229 g/mol. The lowest BCUT2D eigenvalue weighted by Crippen LogP contribution is -2.09. The van der Waals surface area contributed by atoms with Gasteiger partial charge in [-0.15, -0.1) is 0 Å². The number of pyridine rings is 1. The Bertz CT molecular complexity index is 434. The predicted octanol–water partition coefficient (Wildman–Crippen LogP) is 3.85. The van der Waals surface area contributed by atoms with E-state index < -0.39 is 0 Å². The van der Waals surface area contributed by atoms with Gasteiger partial charge in [0.25, 0.3) is 0 Å². The maximum Gasteiger partial charge on any atom is 0.207 e. The molecule has 1 aliphatic carbocycles. The highest BCUT2D eigenvalue weighted by atomic mass is 16.1. The van der Waals surface area contributed by atoms with Crippen LogP contribution in [0.1, 0.15) is 54.6 Å². The molecule has 17 heavy (non-hydrogen) atoms. The molecule has 90 valence electrons. The Kier molecular flexibility index (Phi) is 4.08. The number of rotatable bonds is 2. The van der Waals surface area contributed by atoms with E-state index in [1.807, 2.05) is 19.1 Å². The first-order valence-electron chi connectivity index (χ1n) is 6.44. The van der Waals surface area contributed by atoms with Gasteiger partial charge in [0.05, 0.1) is 0 Å². The number of carbonyl (C=O) groups is 1. The number of hydrogen-bond acceptors (Lipinski definition) is 2. The lowest BCUT2D eigenvalue weighted by molar-refractivity contribution is 0.102. The van der Waals surface area contributed by atoms with E-state index >= 15 is 0 Å². The second-order valence-electron chi connectivity index (χ2n) is 4.68. The number of hydrogen-bond donors (Lipinski definition) is 0. The Morgan fingerprint density at radius 2 is 2.06 bits per heavy atom. The highest BCUT2D eigenvalue weighted by Gasteiger charge is 2.15. The minimum atomic E-state index is 0.130. The molecule has 0 fully saturated rings. The van der Waals surface area contributed by atoms with Gasteiger partial charge in [-0.3, -0.25) is 9.78 Å². The average Bonchev–Trinajstić information content (AvgIpc) is 2.28. The number of carbonyl (C=O) groups excluding carboxylic acids is 1. The normalized spacial score (nSPS) is 19.9. The SMILES string of the molecule is Cc1cccnc1C(=O)/C1=C/CCCCCC1. The Hall–Kier alpha value is -1.44.